The molecule has 0 radical (unpaired) electrons. The van der Waals surface area contributed by atoms with Crippen molar-refractivity contribution < 1.29 is 4.42 Å². The Balaban J connectivity index is 1.68. The molecule has 0 aliphatic heterocycles. The molecule has 90 valence electrons. The molecule has 18 heavy (non-hydrogen) atoms. The summed E-state index contributed by atoms with van der Waals surface area (Å²) >= 11 is 1.73. The second-order valence-electron chi connectivity index (χ2n) is 3.62. The molecule has 3 aromatic rings. The van der Waals surface area contributed by atoms with E-state index < -0.39 is 0 Å². The van der Waals surface area contributed by atoms with Crippen LogP contribution in [-0.4, -0.2) is 20.2 Å². The summed E-state index contributed by atoms with van der Waals surface area (Å²) in [5, 5.41) is 11.0. The van der Waals surface area contributed by atoms with Crippen molar-refractivity contribution in [3.05, 3.63) is 54.7 Å². The molecule has 5 nitrogen and oxygen atoms in total. The van der Waals surface area contributed by atoms with Gasteiger partial charge in [0.2, 0.25) is 0 Å². The molecule has 0 aliphatic rings. The van der Waals surface area contributed by atoms with Crippen LogP contribution in [0.25, 0.3) is 5.69 Å². The normalized spacial score (nSPS) is 10.7. The van der Waals surface area contributed by atoms with Crippen molar-refractivity contribution in [3.8, 4) is 5.69 Å². The van der Waals surface area contributed by atoms with Gasteiger partial charge in [0.05, 0.1) is 17.7 Å². The van der Waals surface area contributed by atoms with Crippen LogP contribution in [0, 0.1) is 0 Å². The maximum atomic E-state index is 5.29. The third kappa shape index (κ3) is 2.43. The zero-order valence-corrected chi connectivity index (χ0v) is 10.2. The Morgan fingerprint density at radius 3 is 2.72 bits per heavy atom. The highest BCUT2D eigenvalue weighted by molar-refractivity contribution is 7.98. The topological polar surface area (TPSA) is 56.7 Å². The van der Waals surface area contributed by atoms with Gasteiger partial charge < -0.3 is 4.42 Å². The van der Waals surface area contributed by atoms with Gasteiger partial charge in [0.1, 0.15) is 12.1 Å². The lowest BCUT2D eigenvalue weighted by atomic mass is 10.3. The summed E-state index contributed by atoms with van der Waals surface area (Å²) in [7, 11) is 0. The van der Waals surface area contributed by atoms with Crippen molar-refractivity contribution in [2.75, 3.05) is 0 Å². The Kier molecular flexibility index (Phi) is 3.10. The number of aromatic nitrogens is 4. The molecule has 0 amide bonds. The second-order valence-corrected chi connectivity index (χ2v) is 4.67. The zero-order valence-electron chi connectivity index (χ0n) is 9.43. The van der Waals surface area contributed by atoms with Crippen LogP contribution >= 0.6 is 11.8 Å². The van der Waals surface area contributed by atoms with Gasteiger partial charge in [-0.25, -0.2) is 4.68 Å². The van der Waals surface area contributed by atoms with Gasteiger partial charge in [-0.1, -0.05) is 0 Å². The van der Waals surface area contributed by atoms with Crippen molar-refractivity contribution in [1.82, 2.24) is 20.2 Å². The first kappa shape index (κ1) is 11.0. The van der Waals surface area contributed by atoms with E-state index in [0.29, 0.717) is 0 Å². The van der Waals surface area contributed by atoms with Gasteiger partial charge in [-0.2, -0.15) is 0 Å². The average molecular weight is 258 g/mol. The molecule has 0 saturated heterocycles. The summed E-state index contributed by atoms with van der Waals surface area (Å²) in [5.74, 6) is 1.81. The Hall–Kier alpha value is -2.08. The van der Waals surface area contributed by atoms with Gasteiger partial charge >= 0.3 is 0 Å². The molecule has 0 unspecified atom stereocenters. The summed E-state index contributed by atoms with van der Waals surface area (Å²) in [6.07, 6.45) is 3.27. The fourth-order valence-corrected chi connectivity index (χ4v) is 2.33. The standard InChI is InChI=1S/C12H10N4OS/c1-2-11(17-7-1)8-18-12-5-3-10(4-6-12)16-9-13-14-15-16/h1-7,9H,8H2. The minimum Gasteiger partial charge on any atom is -0.468 e. The monoisotopic (exact) mass is 258 g/mol. The smallest absolute Gasteiger partial charge is 0.143 e. The van der Waals surface area contributed by atoms with Crippen molar-refractivity contribution in [2.45, 2.75) is 10.6 Å². The Labute approximate surface area is 108 Å². The minimum atomic E-state index is 0.831. The number of benzene rings is 1. The molecule has 0 fully saturated rings. The zero-order chi connectivity index (χ0) is 12.2. The summed E-state index contributed by atoms with van der Waals surface area (Å²) in [6.45, 7) is 0. The number of rotatable bonds is 4. The lowest BCUT2D eigenvalue weighted by Gasteiger charge is -2.02. The molecule has 0 bridgehead atoms. The molecule has 3 rings (SSSR count). The fourth-order valence-electron chi connectivity index (χ4n) is 1.52. The predicted octanol–water partition coefficient (Wildman–Crippen LogP) is 2.55. The van der Waals surface area contributed by atoms with Crippen LogP contribution in [0.5, 0.6) is 0 Å². The van der Waals surface area contributed by atoms with E-state index in [-0.39, 0.29) is 0 Å². The van der Waals surface area contributed by atoms with Crippen LogP contribution in [-0.2, 0) is 5.75 Å². The van der Waals surface area contributed by atoms with E-state index in [1.807, 2.05) is 36.4 Å². The molecular formula is C12H10N4OS. The largest absolute Gasteiger partial charge is 0.468 e. The van der Waals surface area contributed by atoms with E-state index in [1.54, 1.807) is 29.0 Å². The summed E-state index contributed by atoms with van der Waals surface area (Å²) in [5.41, 5.74) is 0.947. The van der Waals surface area contributed by atoms with Gasteiger partial charge in [-0.15, -0.1) is 16.9 Å². The van der Waals surface area contributed by atoms with Gasteiger partial charge in [-0.3, -0.25) is 0 Å². The first-order valence-corrected chi connectivity index (χ1v) is 6.39. The SMILES string of the molecule is c1coc(CSc2ccc(-n3cnnn3)cc2)c1. The first-order valence-electron chi connectivity index (χ1n) is 5.40. The average Bonchev–Trinajstić information content (AvgIpc) is 3.10. The van der Waals surface area contributed by atoms with Crippen molar-refractivity contribution in [1.29, 1.82) is 0 Å². The molecule has 0 aliphatic carbocycles. The number of thioether (sulfide) groups is 1. The van der Waals surface area contributed by atoms with Crippen LogP contribution in [0.4, 0.5) is 0 Å². The van der Waals surface area contributed by atoms with Gasteiger partial charge in [-0.05, 0) is 46.8 Å². The highest BCUT2D eigenvalue weighted by atomic mass is 32.2. The van der Waals surface area contributed by atoms with E-state index in [9.17, 15) is 0 Å². The van der Waals surface area contributed by atoms with Crippen LogP contribution in [0.1, 0.15) is 5.76 Å². The highest BCUT2D eigenvalue weighted by Gasteiger charge is 2.00. The summed E-state index contributed by atoms with van der Waals surface area (Å²) in [6, 6.07) is 11.9. The van der Waals surface area contributed by atoms with Crippen LogP contribution in [0.2, 0.25) is 0 Å². The molecule has 2 heterocycles. The fraction of sp³-hybridized carbons (Fsp3) is 0.0833. The number of furan rings is 1. The molecular weight excluding hydrogens is 248 g/mol. The van der Waals surface area contributed by atoms with E-state index >= 15 is 0 Å². The molecule has 0 atom stereocenters. The maximum absolute atomic E-state index is 5.29. The van der Waals surface area contributed by atoms with E-state index in [2.05, 4.69) is 15.5 Å². The van der Waals surface area contributed by atoms with Crippen molar-refractivity contribution in [2.24, 2.45) is 0 Å². The number of hydrogen-bond acceptors (Lipinski definition) is 5. The number of hydrogen-bond donors (Lipinski definition) is 0. The van der Waals surface area contributed by atoms with Crippen molar-refractivity contribution >= 4 is 11.8 Å². The number of tetrazole rings is 1. The van der Waals surface area contributed by atoms with E-state index in [1.165, 1.54) is 4.90 Å². The Morgan fingerprint density at radius 2 is 2.06 bits per heavy atom. The molecule has 1 aromatic carbocycles. The molecule has 0 saturated carbocycles. The third-order valence-electron chi connectivity index (χ3n) is 2.41. The Bertz CT molecular complexity index is 590. The summed E-state index contributed by atoms with van der Waals surface area (Å²) in [4.78, 5) is 1.18. The van der Waals surface area contributed by atoms with Crippen LogP contribution in [0.15, 0.2) is 58.3 Å². The Morgan fingerprint density at radius 1 is 1.17 bits per heavy atom. The predicted molar refractivity (Wildman–Crippen MR) is 67.4 cm³/mol. The molecule has 2 aromatic heterocycles. The quantitative estimate of drug-likeness (QED) is 0.673. The van der Waals surface area contributed by atoms with Gasteiger partial charge in [0.25, 0.3) is 0 Å². The van der Waals surface area contributed by atoms with Crippen LogP contribution < -0.4 is 0 Å². The summed E-state index contributed by atoms with van der Waals surface area (Å²) < 4.78 is 6.91. The van der Waals surface area contributed by atoms with Gasteiger partial charge in [0.15, 0.2) is 0 Å². The third-order valence-corrected chi connectivity index (χ3v) is 3.45. The molecule has 6 heteroatoms. The number of nitrogens with zero attached hydrogens (tertiary/aromatic N) is 4. The molecule has 0 spiro atoms. The second kappa shape index (κ2) is 5.05. The van der Waals surface area contributed by atoms with Gasteiger partial charge in [0, 0.05) is 4.90 Å². The van der Waals surface area contributed by atoms with E-state index in [0.717, 1.165) is 17.2 Å². The lowest BCUT2D eigenvalue weighted by Crippen LogP contribution is -1.94. The highest BCUT2D eigenvalue weighted by Crippen LogP contribution is 2.23. The maximum Gasteiger partial charge on any atom is 0.143 e. The van der Waals surface area contributed by atoms with Crippen molar-refractivity contribution in [3.63, 3.8) is 0 Å². The molecule has 0 N–H and O–H groups in total. The van der Waals surface area contributed by atoms with E-state index in [4.69, 9.17) is 4.42 Å². The lowest BCUT2D eigenvalue weighted by molar-refractivity contribution is 0.530. The first-order chi connectivity index (χ1) is 8.92. The van der Waals surface area contributed by atoms with Crippen LogP contribution in [0.3, 0.4) is 0 Å². The minimum absolute atomic E-state index is 0.831.